The summed E-state index contributed by atoms with van der Waals surface area (Å²) in [5.41, 5.74) is 1.48. The number of nitro benzene ring substituents is 1. The zero-order valence-corrected chi connectivity index (χ0v) is 18.7. The number of hydrogen-bond donors (Lipinski definition) is 1. The summed E-state index contributed by atoms with van der Waals surface area (Å²) < 4.78 is 9.39. The first-order valence-electron chi connectivity index (χ1n) is 10.4. The zero-order valence-electron chi connectivity index (χ0n) is 17.9. The lowest BCUT2D eigenvalue weighted by Gasteiger charge is -2.44. The number of fused-ring (bicyclic) bond motifs is 2. The van der Waals surface area contributed by atoms with Gasteiger partial charge in [0.15, 0.2) is 0 Å². The number of carbonyl (C=O) groups excluding carboxylic acids is 2. The van der Waals surface area contributed by atoms with Crippen LogP contribution < -0.4 is 4.57 Å². The van der Waals surface area contributed by atoms with Gasteiger partial charge >= 0.3 is 5.97 Å². The minimum absolute atomic E-state index is 0.0495. The van der Waals surface area contributed by atoms with Gasteiger partial charge in [0.2, 0.25) is 17.1 Å². The lowest BCUT2D eigenvalue weighted by atomic mass is 9.83. The molecule has 2 aliphatic rings. The molecule has 0 radical (unpaired) electrons. The number of rotatable bonds is 6. The van der Waals surface area contributed by atoms with E-state index in [1.165, 1.54) is 40.5 Å². The highest BCUT2D eigenvalue weighted by atomic mass is 32.1. The number of β-lactam (4-membered cyclic amide) rings is 1. The largest absolute Gasteiger partial charge is 0.456 e. The number of nitro groups is 1. The molecule has 2 aliphatic heterocycles. The van der Waals surface area contributed by atoms with Crippen LogP contribution in [0.1, 0.15) is 23.8 Å². The van der Waals surface area contributed by atoms with Crippen LogP contribution in [0.15, 0.2) is 48.7 Å². The number of carbonyl (C=O) groups is 2. The van der Waals surface area contributed by atoms with E-state index in [2.05, 4.69) is 0 Å². The predicted octanol–water partition coefficient (Wildman–Crippen LogP) is 1.80. The fourth-order valence-corrected chi connectivity index (χ4v) is 5.64. The first-order valence-corrected chi connectivity index (χ1v) is 11.2. The molecule has 1 N–H and O–H groups in total. The third-order valence-electron chi connectivity index (χ3n) is 6.08. The van der Waals surface area contributed by atoms with Crippen molar-refractivity contribution in [2.24, 2.45) is 13.0 Å². The second-order valence-corrected chi connectivity index (χ2v) is 9.39. The molecular weight excluding hydrogens is 448 g/mol. The van der Waals surface area contributed by atoms with E-state index in [4.69, 9.17) is 4.74 Å². The van der Waals surface area contributed by atoms with Crippen molar-refractivity contribution in [3.05, 3.63) is 69.2 Å². The van der Waals surface area contributed by atoms with E-state index < -0.39 is 22.9 Å². The predicted molar refractivity (Wildman–Crippen MR) is 117 cm³/mol. The van der Waals surface area contributed by atoms with Crippen LogP contribution in [-0.2, 0) is 28.0 Å². The fraction of sp³-hybridized carbons (Fsp3) is 0.318. The summed E-state index contributed by atoms with van der Waals surface area (Å²) in [5.74, 6) is -1.47. The molecule has 0 unspecified atom stereocenters. The molecule has 3 aromatic rings. The van der Waals surface area contributed by atoms with E-state index in [0.717, 1.165) is 15.3 Å². The Morgan fingerprint density at radius 3 is 2.76 bits per heavy atom. The molecule has 4 heterocycles. The number of thiazole rings is 1. The molecule has 3 atom stereocenters. The van der Waals surface area contributed by atoms with E-state index in [-0.39, 0.29) is 29.9 Å². The Balaban J connectivity index is 1.44. The van der Waals surface area contributed by atoms with Gasteiger partial charge in [0.05, 0.1) is 34.9 Å². The van der Waals surface area contributed by atoms with Gasteiger partial charge in [-0.1, -0.05) is 11.3 Å². The molecule has 0 saturated carbocycles. The molecule has 1 fully saturated rings. The van der Waals surface area contributed by atoms with Gasteiger partial charge in [0, 0.05) is 17.7 Å². The van der Waals surface area contributed by atoms with Crippen molar-refractivity contribution < 1.29 is 28.9 Å². The Labute approximate surface area is 192 Å². The van der Waals surface area contributed by atoms with Gasteiger partial charge in [-0.05, 0) is 31.0 Å². The summed E-state index contributed by atoms with van der Waals surface area (Å²) >= 11 is 1.51. The summed E-state index contributed by atoms with van der Waals surface area (Å²) in [6, 6.07) is 5.46. The van der Waals surface area contributed by atoms with Crippen molar-refractivity contribution in [1.29, 1.82) is 0 Å². The monoisotopic (exact) mass is 469 g/mol. The molecule has 5 rings (SSSR count). The Morgan fingerprint density at radius 2 is 2.12 bits per heavy atom. The Hall–Kier alpha value is -3.57. The Kier molecular flexibility index (Phi) is 5.02. The van der Waals surface area contributed by atoms with Crippen molar-refractivity contribution in [2.45, 2.75) is 32.1 Å². The molecule has 0 bridgehead atoms. The normalized spacial score (nSPS) is 20.7. The van der Waals surface area contributed by atoms with Gasteiger partial charge in [-0.2, -0.15) is 4.40 Å². The maximum absolute atomic E-state index is 13.1. The number of non-ortho nitro benzene ring substituents is 1. The number of hydrogen-bond acceptors (Lipinski definition) is 7. The van der Waals surface area contributed by atoms with Crippen LogP contribution in [0.3, 0.4) is 0 Å². The third-order valence-corrected chi connectivity index (χ3v) is 7.18. The molecule has 1 saturated heterocycles. The number of imidazole rings is 1. The SMILES string of the molecule is C[C@@H](O)[C@H]1C(=O)N2C(C(=O)OCc3ccc([N+](=O)[O-])cc3)=C(c3cn4c[n+](C)cc4s3)C[C@H]12. The minimum Gasteiger partial charge on any atom is -0.456 e. The van der Waals surface area contributed by atoms with E-state index in [0.29, 0.717) is 12.0 Å². The van der Waals surface area contributed by atoms with Gasteiger partial charge in [-0.3, -0.25) is 14.9 Å². The van der Waals surface area contributed by atoms with Crippen molar-refractivity contribution >= 4 is 39.3 Å². The first kappa shape index (κ1) is 21.3. The van der Waals surface area contributed by atoms with Gasteiger partial charge in [-0.25, -0.2) is 9.36 Å². The summed E-state index contributed by atoms with van der Waals surface area (Å²) in [4.78, 5) is 39.5. The van der Waals surface area contributed by atoms with Gasteiger partial charge in [0.25, 0.3) is 5.69 Å². The summed E-state index contributed by atoms with van der Waals surface area (Å²) in [6.07, 6.45) is 5.45. The molecule has 0 aliphatic carbocycles. The standard InChI is InChI=1S/C22H21N4O6S/c1-12(27)19-16-7-15(17-8-24-11-23(2)9-18(24)33-17)20(25(16)21(19)28)22(29)32-10-13-3-5-14(6-4-13)26(30)31/h3-6,8-9,11-12,16,19,27H,7,10H2,1-2H3/q+1/t12-,16-,19-/m1/s1. The van der Waals surface area contributed by atoms with Crippen LogP contribution in [0.5, 0.6) is 0 Å². The topological polar surface area (TPSA) is 118 Å². The maximum atomic E-state index is 13.1. The van der Waals surface area contributed by atoms with Crippen LogP contribution in [-0.4, -0.2) is 43.4 Å². The van der Waals surface area contributed by atoms with Gasteiger partial charge in [-0.15, -0.1) is 0 Å². The molecular formula is C22H21N4O6S+. The number of aromatic nitrogens is 2. The third kappa shape index (κ3) is 3.49. The highest BCUT2D eigenvalue weighted by Crippen LogP contribution is 2.48. The zero-order chi connectivity index (χ0) is 23.4. The average molecular weight is 469 g/mol. The minimum atomic E-state index is -0.812. The van der Waals surface area contributed by atoms with Gasteiger partial charge < -0.3 is 14.7 Å². The van der Waals surface area contributed by atoms with E-state index in [1.807, 2.05) is 34.7 Å². The van der Waals surface area contributed by atoms with Crippen molar-refractivity contribution in [2.75, 3.05) is 0 Å². The van der Waals surface area contributed by atoms with Crippen molar-refractivity contribution in [1.82, 2.24) is 9.30 Å². The quantitative estimate of drug-likeness (QED) is 0.193. The van der Waals surface area contributed by atoms with E-state index in [9.17, 15) is 24.8 Å². The molecule has 10 nitrogen and oxygen atoms in total. The molecule has 1 aromatic carbocycles. The Morgan fingerprint density at radius 1 is 1.39 bits per heavy atom. The molecule has 11 heteroatoms. The Bertz CT molecular complexity index is 1290. The maximum Gasteiger partial charge on any atom is 0.355 e. The second kappa shape index (κ2) is 7.78. The molecule has 1 amide bonds. The summed E-state index contributed by atoms with van der Waals surface area (Å²) in [5, 5.41) is 20.9. The molecule has 33 heavy (non-hydrogen) atoms. The number of amides is 1. The van der Waals surface area contributed by atoms with Crippen LogP contribution in [0.25, 0.3) is 10.4 Å². The van der Waals surface area contributed by atoms with Crippen molar-refractivity contribution in [3.8, 4) is 0 Å². The van der Waals surface area contributed by atoms with Crippen LogP contribution in [0.4, 0.5) is 5.69 Å². The van der Waals surface area contributed by atoms with Crippen LogP contribution >= 0.6 is 11.3 Å². The summed E-state index contributed by atoms with van der Waals surface area (Å²) in [7, 11) is 1.92. The highest BCUT2D eigenvalue weighted by molar-refractivity contribution is 7.18. The smallest absolute Gasteiger partial charge is 0.355 e. The number of nitrogens with zero attached hydrogens (tertiary/aromatic N) is 4. The molecule has 0 spiro atoms. The first-order chi connectivity index (χ1) is 15.7. The lowest BCUT2D eigenvalue weighted by Crippen LogP contribution is -2.61. The number of ether oxygens (including phenoxy) is 1. The number of aliphatic hydroxyl groups is 1. The van der Waals surface area contributed by atoms with Crippen molar-refractivity contribution in [3.63, 3.8) is 0 Å². The number of aliphatic hydroxyl groups excluding tert-OH is 1. The van der Waals surface area contributed by atoms with Gasteiger partial charge in [0.1, 0.15) is 24.7 Å². The van der Waals surface area contributed by atoms with E-state index in [1.54, 1.807) is 6.92 Å². The molecule has 2 aromatic heterocycles. The number of aryl methyl sites for hydroxylation is 1. The van der Waals surface area contributed by atoms with E-state index >= 15 is 0 Å². The summed E-state index contributed by atoms with van der Waals surface area (Å²) in [6.45, 7) is 1.50. The highest BCUT2D eigenvalue weighted by Gasteiger charge is 2.57. The van der Waals surface area contributed by atoms with Crippen LogP contribution in [0, 0.1) is 16.0 Å². The second-order valence-electron chi connectivity index (χ2n) is 8.32. The average Bonchev–Trinajstić information content (AvgIpc) is 3.40. The fourth-order valence-electron chi connectivity index (χ4n) is 4.52. The van der Waals surface area contributed by atoms with Crippen LogP contribution in [0.2, 0.25) is 0 Å². The number of benzene rings is 1. The lowest BCUT2D eigenvalue weighted by molar-refractivity contribution is -0.669. The molecule has 170 valence electrons. The number of esters is 1.